The summed E-state index contributed by atoms with van der Waals surface area (Å²) >= 11 is 0. The fourth-order valence-corrected chi connectivity index (χ4v) is 3.38. The number of hydrogen-bond acceptors (Lipinski definition) is 5. The van der Waals surface area contributed by atoms with Gasteiger partial charge in [-0.2, -0.15) is 0 Å². The molecule has 0 saturated carbocycles. The van der Waals surface area contributed by atoms with Crippen molar-refractivity contribution in [2.45, 2.75) is 32.7 Å². The number of rotatable bonds is 5. The lowest BCUT2D eigenvalue weighted by molar-refractivity contribution is -0.125. The van der Waals surface area contributed by atoms with Crippen LogP contribution >= 0.6 is 0 Å². The lowest BCUT2D eigenvalue weighted by Gasteiger charge is -2.17. The highest BCUT2D eigenvalue weighted by Crippen LogP contribution is 2.30. The molecule has 0 bridgehead atoms. The molecule has 1 amide bonds. The molecule has 1 aliphatic rings. The molecule has 1 aliphatic carbocycles. The first-order valence-corrected chi connectivity index (χ1v) is 9.46. The normalized spacial score (nSPS) is 16.1. The molecule has 6 nitrogen and oxygen atoms in total. The van der Waals surface area contributed by atoms with Crippen molar-refractivity contribution in [2.24, 2.45) is 5.92 Å². The summed E-state index contributed by atoms with van der Waals surface area (Å²) in [6.07, 6.45) is 10.2. The van der Waals surface area contributed by atoms with Gasteiger partial charge in [0, 0.05) is 30.3 Å². The van der Waals surface area contributed by atoms with Crippen molar-refractivity contribution < 1.29 is 9.32 Å². The van der Waals surface area contributed by atoms with Crippen LogP contribution in [0, 0.1) is 12.8 Å². The van der Waals surface area contributed by atoms with Crippen molar-refractivity contribution in [3.63, 3.8) is 0 Å². The van der Waals surface area contributed by atoms with Crippen LogP contribution in [0.4, 0.5) is 0 Å². The van der Waals surface area contributed by atoms with E-state index < -0.39 is 0 Å². The van der Waals surface area contributed by atoms with Gasteiger partial charge in [0.2, 0.25) is 5.91 Å². The number of allylic oxidation sites excluding steroid dienone is 2. The van der Waals surface area contributed by atoms with E-state index in [1.165, 1.54) is 6.33 Å². The van der Waals surface area contributed by atoms with Gasteiger partial charge in [0.25, 0.3) is 0 Å². The van der Waals surface area contributed by atoms with Gasteiger partial charge < -0.3 is 9.84 Å². The molecule has 1 atom stereocenters. The highest BCUT2D eigenvalue weighted by Gasteiger charge is 2.18. The Morgan fingerprint density at radius 2 is 2.11 bits per heavy atom. The average molecular weight is 374 g/mol. The van der Waals surface area contributed by atoms with Crippen LogP contribution < -0.4 is 5.32 Å². The van der Waals surface area contributed by atoms with Crippen molar-refractivity contribution in [3.05, 3.63) is 66.3 Å². The van der Waals surface area contributed by atoms with E-state index in [0.29, 0.717) is 12.3 Å². The first kappa shape index (κ1) is 18.1. The van der Waals surface area contributed by atoms with Gasteiger partial charge in [0.05, 0.1) is 17.0 Å². The Bertz CT molecular complexity index is 992. The number of carbonyl (C=O) groups excluding carboxylic acids is 1. The first-order chi connectivity index (χ1) is 13.7. The fourth-order valence-electron chi connectivity index (χ4n) is 3.38. The quantitative estimate of drug-likeness (QED) is 0.681. The number of nitrogens with one attached hydrogen (secondary N) is 1. The molecule has 0 spiro atoms. The maximum atomic E-state index is 12.3. The third-order valence-electron chi connectivity index (χ3n) is 4.94. The number of carbonyl (C=O) groups is 1. The van der Waals surface area contributed by atoms with E-state index in [2.05, 4.69) is 32.6 Å². The van der Waals surface area contributed by atoms with Crippen LogP contribution in [-0.4, -0.2) is 21.0 Å². The van der Waals surface area contributed by atoms with E-state index in [1.54, 1.807) is 6.20 Å². The van der Waals surface area contributed by atoms with Crippen molar-refractivity contribution >= 4 is 5.91 Å². The van der Waals surface area contributed by atoms with E-state index in [4.69, 9.17) is 4.52 Å². The zero-order chi connectivity index (χ0) is 19.3. The van der Waals surface area contributed by atoms with Gasteiger partial charge in [-0.25, -0.2) is 9.97 Å². The monoisotopic (exact) mass is 374 g/mol. The summed E-state index contributed by atoms with van der Waals surface area (Å²) < 4.78 is 5.38. The predicted molar refractivity (Wildman–Crippen MR) is 106 cm³/mol. The van der Waals surface area contributed by atoms with Crippen LogP contribution in [0.5, 0.6) is 0 Å². The second-order valence-corrected chi connectivity index (χ2v) is 7.01. The minimum atomic E-state index is 0.0956. The summed E-state index contributed by atoms with van der Waals surface area (Å²) in [6.45, 7) is 2.40. The molecule has 0 unspecified atom stereocenters. The van der Waals surface area contributed by atoms with Crippen molar-refractivity contribution in [2.75, 3.05) is 0 Å². The van der Waals surface area contributed by atoms with Crippen LogP contribution in [-0.2, 0) is 11.3 Å². The van der Waals surface area contributed by atoms with E-state index in [0.717, 1.165) is 47.3 Å². The molecule has 28 heavy (non-hydrogen) atoms. The predicted octanol–water partition coefficient (Wildman–Crippen LogP) is 4.08. The summed E-state index contributed by atoms with van der Waals surface area (Å²) in [5.41, 5.74) is 4.41. The van der Waals surface area contributed by atoms with Crippen LogP contribution in [0.3, 0.4) is 0 Å². The van der Waals surface area contributed by atoms with E-state index in [-0.39, 0.29) is 11.8 Å². The molecule has 3 aromatic rings. The van der Waals surface area contributed by atoms with Gasteiger partial charge in [-0.3, -0.25) is 4.79 Å². The van der Waals surface area contributed by atoms with Gasteiger partial charge in [-0.05, 0) is 31.7 Å². The Balaban J connectivity index is 1.47. The summed E-state index contributed by atoms with van der Waals surface area (Å²) in [6, 6.07) is 9.88. The molecule has 0 saturated heterocycles. The Labute approximate surface area is 163 Å². The summed E-state index contributed by atoms with van der Waals surface area (Å²) in [7, 11) is 0. The smallest absolute Gasteiger partial charge is 0.223 e. The third kappa shape index (κ3) is 4.01. The van der Waals surface area contributed by atoms with Gasteiger partial charge in [-0.1, -0.05) is 41.6 Å². The summed E-state index contributed by atoms with van der Waals surface area (Å²) in [5, 5.41) is 6.99. The molecular weight excluding hydrogens is 352 g/mol. The zero-order valence-electron chi connectivity index (χ0n) is 15.8. The molecular formula is C22H22N4O2. The average Bonchev–Trinajstić information content (AvgIpc) is 3.19. The Morgan fingerprint density at radius 1 is 1.25 bits per heavy atom. The van der Waals surface area contributed by atoms with Crippen molar-refractivity contribution in [1.82, 2.24) is 20.4 Å². The first-order valence-electron chi connectivity index (χ1n) is 9.46. The number of nitrogens with zero attached hydrogens (tertiary/aromatic N) is 3. The lowest BCUT2D eigenvalue weighted by Crippen LogP contribution is -2.30. The van der Waals surface area contributed by atoms with Crippen LogP contribution in [0.15, 0.2) is 59.5 Å². The van der Waals surface area contributed by atoms with E-state index in [9.17, 15) is 4.79 Å². The zero-order valence-corrected chi connectivity index (χ0v) is 15.8. The van der Waals surface area contributed by atoms with Crippen LogP contribution in [0.1, 0.15) is 30.5 Å². The minimum Gasteiger partial charge on any atom is -0.356 e. The molecule has 4 rings (SSSR count). The summed E-state index contributed by atoms with van der Waals surface area (Å²) in [5.74, 6) is 0.872. The van der Waals surface area contributed by atoms with Crippen LogP contribution in [0.2, 0.25) is 0 Å². The number of amides is 1. The molecule has 0 aliphatic heterocycles. The molecule has 2 heterocycles. The lowest BCUT2D eigenvalue weighted by atomic mass is 9.93. The minimum absolute atomic E-state index is 0.0956. The maximum absolute atomic E-state index is 12.3. The van der Waals surface area contributed by atoms with E-state index in [1.807, 2.05) is 37.3 Å². The maximum Gasteiger partial charge on any atom is 0.223 e. The molecule has 2 aromatic heterocycles. The summed E-state index contributed by atoms with van der Waals surface area (Å²) in [4.78, 5) is 20.8. The van der Waals surface area contributed by atoms with Crippen molar-refractivity contribution in [1.29, 1.82) is 0 Å². The van der Waals surface area contributed by atoms with Crippen LogP contribution in [0.25, 0.3) is 22.6 Å². The number of aryl methyl sites for hydroxylation is 1. The SMILES string of the molecule is Cc1cc(-c2cncnc2-c2ccc(CNC(=O)[C@H]3CC=CCC3)cc2)on1. The second kappa shape index (κ2) is 8.17. The Hall–Kier alpha value is -3.28. The number of hydrogen-bond donors (Lipinski definition) is 1. The highest BCUT2D eigenvalue weighted by molar-refractivity contribution is 5.79. The topological polar surface area (TPSA) is 80.9 Å². The fraction of sp³-hybridized carbons (Fsp3) is 0.273. The molecule has 1 N–H and O–H groups in total. The Kier molecular flexibility index (Phi) is 5.28. The van der Waals surface area contributed by atoms with Crippen molar-refractivity contribution in [3.8, 4) is 22.6 Å². The third-order valence-corrected chi connectivity index (χ3v) is 4.94. The van der Waals surface area contributed by atoms with E-state index >= 15 is 0 Å². The molecule has 0 radical (unpaired) electrons. The van der Waals surface area contributed by atoms with Gasteiger partial charge in [0.1, 0.15) is 6.33 Å². The molecule has 6 heteroatoms. The standard InChI is InChI=1S/C22H22N4O2/c1-15-11-20(28-26-15)19-13-23-14-25-21(19)17-9-7-16(8-10-17)12-24-22(27)18-5-3-2-4-6-18/h2-3,7-11,13-14,18H,4-6,12H2,1H3,(H,24,27)/t18-/m0/s1. The molecule has 0 fully saturated rings. The van der Waals surface area contributed by atoms with Gasteiger partial charge in [0.15, 0.2) is 5.76 Å². The number of aromatic nitrogens is 3. The Morgan fingerprint density at radius 3 is 2.82 bits per heavy atom. The second-order valence-electron chi connectivity index (χ2n) is 7.01. The largest absolute Gasteiger partial charge is 0.356 e. The molecule has 142 valence electrons. The van der Waals surface area contributed by atoms with Gasteiger partial charge >= 0.3 is 0 Å². The van der Waals surface area contributed by atoms with Gasteiger partial charge in [-0.15, -0.1) is 0 Å². The molecule has 1 aromatic carbocycles. The highest BCUT2D eigenvalue weighted by atomic mass is 16.5. The number of benzene rings is 1.